The molecule has 1 aliphatic heterocycles. The van der Waals surface area contributed by atoms with Crippen molar-refractivity contribution in [2.24, 2.45) is 0 Å². The predicted molar refractivity (Wildman–Crippen MR) is 120 cm³/mol. The fraction of sp³-hybridized carbons (Fsp3) is 0.417. The van der Waals surface area contributed by atoms with Crippen molar-refractivity contribution in [3.63, 3.8) is 0 Å². The number of rotatable bonds is 6. The van der Waals surface area contributed by atoms with Gasteiger partial charge in [0.15, 0.2) is 9.84 Å². The van der Waals surface area contributed by atoms with Gasteiger partial charge in [0.05, 0.1) is 16.7 Å². The first kappa shape index (κ1) is 21.6. The van der Waals surface area contributed by atoms with E-state index in [0.717, 1.165) is 36.1 Å². The molecular weight excluding hydrogens is 412 g/mol. The van der Waals surface area contributed by atoms with Crippen LogP contribution in [0.1, 0.15) is 55.3 Å². The molecule has 4 rings (SSSR count). The number of benzene rings is 2. The van der Waals surface area contributed by atoms with Crippen LogP contribution in [0.2, 0.25) is 0 Å². The van der Waals surface area contributed by atoms with Crippen molar-refractivity contribution in [3.05, 3.63) is 59.2 Å². The first-order valence-corrected chi connectivity index (χ1v) is 12.6. The van der Waals surface area contributed by atoms with Gasteiger partial charge in [0.1, 0.15) is 0 Å². The third kappa shape index (κ3) is 4.51. The van der Waals surface area contributed by atoms with Crippen molar-refractivity contribution in [3.8, 4) is 0 Å². The molecule has 1 aliphatic carbocycles. The van der Waals surface area contributed by atoms with E-state index < -0.39 is 9.84 Å². The minimum absolute atomic E-state index is 0.0373. The molecule has 1 heterocycles. The molecular formula is C24H28N2O4S. The number of nitrogens with zero attached hydrogens (tertiary/aromatic N) is 1. The summed E-state index contributed by atoms with van der Waals surface area (Å²) in [5, 5.41) is 3.02. The number of fused-ring (bicyclic) bond motifs is 2. The molecule has 2 aromatic rings. The van der Waals surface area contributed by atoms with Gasteiger partial charge in [-0.1, -0.05) is 31.2 Å². The number of hydrogen-bond acceptors (Lipinski definition) is 4. The highest BCUT2D eigenvalue weighted by Crippen LogP contribution is 2.32. The second kappa shape index (κ2) is 8.83. The molecule has 2 amide bonds. The molecule has 0 fully saturated rings. The van der Waals surface area contributed by atoms with Gasteiger partial charge in [0, 0.05) is 25.1 Å². The zero-order valence-corrected chi connectivity index (χ0v) is 18.6. The second-order valence-corrected chi connectivity index (χ2v) is 10.3. The molecule has 1 N–H and O–H groups in total. The van der Waals surface area contributed by atoms with Gasteiger partial charge in [-0.2, -0.15) is 0 Å². The van der Waals surface area contributed by atoms with Gasteiger partial charge in [-0.25, -0.2) is 8.42 Å². The lowest BCUT2D eigenvalue weighted by Crippen LogP contribution is -2.32. The number of sulfone groups is 1. The molecule has 164 valence electrons. The number of hydrogen-bond donors (Lipinski definition) is 1. The van der Waals surface area contributed by atoms with Crippen LogP contribution < -0.4 is 10.2 Å². The van der Waals surface area contributed by atoms with Crippen LogP contribution >= 0.6 is 0 Å². The third-order valence-electron chi connectivity index (χ3n) is 6.21. The van der Waals surface area contributed by atoms with Crippen LogP contribution in [0.15, 0.2) is 47.4 Å². The summed E-state index contributed by atoms with van der Waals surface area (Å²) in [6, 6.07) is 13.0. The van der Waals surface area contributed by atoms with Gasteiger partial charge in [0.2, 0.25) is 11.8 Å². The van der Waals surface area contributed by atoms with Crippen molar-refractivity contribution in [1.29, 1.82) is 0 Å². The molecule has 2 aromatic carbocycles. The van der Waals surface area contributed by atoms with Crippen molar-refractivity contribution < 1.29 is 18.0 Å². The van der Waals surface area contributed by atoms with Gasteiger partial charge >= 0.3 is 0 Å². The standard InChI is InChI=1S/C24H28N2O4S/c1-2-24(28)26-14-12-18-16-19(10-11-22(18)26)31(29,30)15-13-23(27)25-21-9-5-7-17-6-3-4-8-20(17)21/h3-4,6,8,10-11,16,21H,2,5,7,9,12-15H2,1H3,(H,25,27). The van der Waals surface area contributed by atoms with E-state index in [4.69, 9.17) is 0 Å². The summed E-state index contributed by atoms with van der Waals surface area (Å²) < 4.78 is 25.7. The Morgan fingerprint density at radius 3 is 2.71 bits per heavy atom. The lowest BCUT2D eigenvalue weighted by atomic mass is 9.88. The normalized spacial score (nSPS) is 17.7. The van der Waals surface area contributed by atoms with Crippen LogP contribution in [0.4, 0.5) is 5.69 Å². The molecule has 1 atom stereocenters. The number of aryl methyl sites for hydroxylation is 1. The predicted octanol–water partition coefficient (Wildman–Crippen LogP) is 3.34. The Balaban J connectivity index is 1.40. The van der Waals surface area contributed by atoms with Crippen LogP contribution in [-0.2, 0) is 32.3 Å². The van der Waals surface area contributed by atoms with Crippen molar-refractivity contribution in [2.45, 2.75) is 56.4 Å². The molecule has 0 bridgehead atoms. The highest BCUT2D eigenvalue weighted by Gasteiger charge is 2.27. The van der Waals surface area contributed by atoms with Crippen molar-refractivity contribution in [1.82, 2.24) is 5.32 Å². The monoisotopic (exact) mass is 440 g/mol. The fourth-order valence-electron chi connectivity index (χ4n) is 4.54. The van der Waals surface area contributed by atoms with Gasteiger partial charge in [0.25, 0.3) is 0 Å². The fourth-order valence-corrected chi connectivity index (χ4v) is 5.82. The summed E-state index contributed by atoms with van der Waals surface area (Å²) in [4.78, 5) is 26.5. The molecule has 0 saturated heterocycles. The minimum atomic E-state index is -3.59. The first-order chi connectivity index (χ1) is 14.9. The molecule has 0 saturated carbocycles. The minimum Gasteiger partial charge on any atom is -0.349 e. The van der Waals surface area contributed by atoms with Crippen LogP contribution in [0.5, 0.6) is 0 Å². The maximum atomic E-state index is 12.8. The number of carbonyl (C=O) groups excluding carboxylic acids is 2. The number of anilines is 1. The maximum absolute atomic E-state index is 12.8. The van der Waals surface area contributed by atoms with Crippen LogP contribution in [0, 0.1) is 0 Å². The van der Waals surface area contributed by atoms with Crippen LogP contribution in [0.3, 0.4) is 0 Å². The summed E-state index contributed by atoms with van der Waals surface area (Å²) in [5.41, 5.74) is 4.04. The Morgan fingerprint density at radius 2 is 1.90 bits per heavy atom. The quantitative estimate of drug-likeness (QED) is 0.747. The number of carbonyl (C=O) groups is 2. The average molecular weight is 441 g/mol. The largest absolute Gasteiger partial charge is 0.349 e. The molecule has 0 spiro atoms. The van der Waals surface area contributed by atoms with E-state index in [1.54, 1.807) is 23.1 Å². The molecule has 0 aromatic heterocycles. The van der Waals surface area contributed by atoms with E-state index in [0.29, 0.717) is 19.4 Å². The molecule has 1 unspecified atom stereocenters. The van der Waals surface area contributed by atoms with E-state index in [1.807, 2.05) is 25.1 Å². The number of nitrogens with one attached hydrogen (secondary N) is 1. The van der Waals surface area contributed by atoms with E-state index in [1.165, 1.54) is 5.56 Å². The molecule has 7 heteroatoms. The first-order valence-electron chi connectivity index (χ1n) is 10.9. The zero-order valence-electron chi connectivity index (χ0n) is 17.8. The average Bonchev–Trinajstić information content (AvgIpc) is 3.21. The molecule has 2 aliphatic rings. The Labute approximate surface area is 183 Å². The second-order valence-electron chi connectivity index (χ2n) is 8.22. The molecule has 0 radical (unpaired) electrons. The molecule has 6 nitrogen and oxygen atoms in total. The highest BCUT2D eigenvalue weighted by atomic mass is 32.2. The SMILES string of the molecule is CCC(=O)N1CCc2cc(S(=O)(=O)CCC(=O)NC3CCCc4ccccc43)ccc21. The Bertz CT molecular complexity index is 1110. The van der Waals surface area contributed by atoms with Gasteiger partial charge in [-0.05, 0) is 60.6 Å². The maximum Gasteiger partial charge on any atom is 0.226 e. The molecule has 31 heavy (non-hydrogen) atoms. The summed E-state index contributed by atoms with van der Waals surface area (Å²) in [7, 11) is -3.59. The van der Waals surface area contributed by atoms with Gasteiger partial charge in [-0.15, -0.1) is 0 Å². The lowest BCUT2D eigenvalue weighted by Gasteiger charge is -2.26. The number of amides is 2. The van der Waals surface area contributed by atoms with Crippen LogP contribution in [-0.4, -0.2) is 32.5 Å². The summed E-state index contributed by atoms with van der Waals surface area (Å²) in [6.07, 6.45) is 3.88. The van der Waals surface area contributed by atoms with Crippen molar-refractivity contribution in [2.75, 3.05) is 17.2 Å². The zero-order chi connectivity index (χ0) is 22.0. The van der Waals surface area contributed by atoms with Crippen molar-refractivity contribution >= 4 is 27.3 Å². The third-order valence-corrected chi connectivity index (χ3v) is 7.93. The Morgan fingerprint density at radius 1 is 1.10 bits per heavy atom. The van der Waals surface area contributed by atoms with E-state index in [-0.39, 0.29) is 34.9 Å². The lowest BCUT2D eigenvalue weighted by molar-refractivity contribution is -0.121. The topological polar surface area (TPSA) is 83.6 Å². The Hall–Kier alpha value is -2.67. The summed E-state index contributed by atoms with van der Waals surface area (Å²) in [5.74, 6) is -0.440. The smallest absolute Gasteiger partial charge is 0.226 e. The van der Waals surface area contributed by atoms with Gasteiger partial charge < -0.3 is 10.2 Å². The van der Waals surface area contributed by atoms with E-state index in [9.17, 15) is 18.0 Å². The summed E-state index contributed by atoms with van der Waals surface area (Å²) in [6.45, 7) is 2.40. The summed E-state index contributed by atoms with van der Waals surface area (Å²) >= 11 is 0. The van der Waals surface area contributed by atoms with E-state index >= 15 is 0 Å². The van der Waals surface area contributed by atoms with E-state index in [2.05, 4.69) is 11.4 Å². The van der Waals surface area contributed by atoms with Crippen LogP contribution in [0.25, 0.3) is 0 Å². The Kier molecular flexibility index (Phi) is 6.14. The highest BCUT2D eigenvalue weighted by molar-refractivity contribution is 7.91. The van der Waals surface area contributed by atoms with Gasteiger partial charge in [-0.3, -0.25) is 9.59 Å².